The fourth-order valence-electron chi connectivity index (χ4n) is 2.94. The SMILES string of the molecule is CC(C)(C)Cc1nc(-c2cccc(C(=O)N3CCC(O)CC3)c2)no1. The zero-order valence-corrected chi connectivity index (χ0v) is 15.0. The molecule has 1 saturated heterocycles. The highest BCUT2D eigenvalue weighted by Gasteiger charge is 2.23. The molecule has 1 aromatic carbocycles. The van der Waals surface area contributed by atoms with Gasteiger partial charge in [-0.3, -0.25) is 4.79 Å². The first-order valence-electron chi connectivity index (χ1n) is 8.72. The quantitative estimate of drug-likeness (QED) is 0.927. The van der Waals surface area contributed by atoms with Crippen molar-refractivity contribution in [1.82, 2.24) is 15.0 Å². The van der Waals surface area contributed by atoms with Crippen LogP contribution >= 0.6 is 0 Å². The van der Waals surface area contributed by atoms with Gasteiger partial charge in [0.2, 0.25) is 11.7 Å². The van der Waals surface area contributed by atoms with E-state index in [-0.39, 0.29) is 17.4 Å². The summed E-state index contributed by atoms with van der Waals surface area (Å²) in [5, 5.41) is 13.6. The lowest BCUT2D eigenvalue weighted by Crippen LogP contribution is -2.40. The molecule has 1 N–H and O–H groups in total. The van der Waals surface area contributed by atoms with Gasteiger partial charge in [0, 0.05) is 30.6 Å². The number of carbonyl (C=O) groups excluding carboxylic acids is 1. The van der Waals surface area contributed by atoms with Crippen LogP contribution in [0.2, 0.25) is 0 Å². The smallest absolute Gasteiger partial charge is 0.253 e. The van der Waals surface area contributed by atoms with Gasteiger partial charge in [-0.2, -0.15) is 4.98 Å². The van der Waals surface area contributed by atoms with Crippen molar-refractivity contribution in [3.05, 3.63) is 35.7 Å². The summed E-state index contributed by atoms with van der Waals surface area (Å²) in [5.41, 5.74) is 1.45. The molecule has 6 heteroatoms. The Morgan fingerprint density at radius 3 is 2.72 bits per heavy atom. The molecule has 134 valence electrons. The lowest BCUT2D eigenvalue weighted by molar-refractivity contribution is 0.0546. The molecule has 1 amide bonds. The average molecular weight is 343 g/mol. The molecule has 1 aromatic heterocycles. The van der Waals surface area contributed by atoms with Crippen molar-refractivity contribution in [2.75, 3.05) is 13.1 Å². The molecule has 1 aliphatic heterocycles. The van der Waals surface area contributed by atoms with Gasteiger partial charge in [0.1, 0.15) is 0 Å². The number of amides is 1. The van der Waals surface area contributed by atoms with Crippen LogP contribution in [0.3, 0.4) is 0 Å². The molecule has 0 spiro atoms. The number of aliphatic hydroxyl groups is 1. The second-order valence-corrected chi connectivity index (χ2v) is 7.85. The summed E-state index contributed by atoms with van der Waals surface area (Å²) >= 11 is 0. The zero-order chi connectivity index (χ0) is 18.0. The number of hydrogen-bond donors (Lipinski definition) is 1. The van der Waals surface area contributed by atoms with Crippen LogP contribution in [0.1, 0.15) is 49.9 Å². The van der Waals surface area contributed by atoms with E-state index >= 15 is 0 Å². The van der Waals surface area contributed by atoms with Crippen LogP contribution in [-0.4, -0.2) is 45.2 Å². The lowest BCUT2D eigenvalue weighted by Gasteiger charge is -2.29. The zero-order valence-electron chi connectivity index (χ0n) is 15.0. The van der Waals surface area contributed by atoms with Gasteiger partial charge < -0.3 is 14.5 Å². The van der Waals surface area contributed by atoms with E-state index in [1.165, 1.54) is 0 Å². The van der Waals surface area contributed by atoms with Crippen LogP contribution in [0.15, 0.2) is 28.8 Å². The standard InChI is InChI=1S/C19H25N3O3/c1-19(2,3)12-16-20-17(21-25-16)13-5-4-6-14(11-13)18(24)22-9-7-15(23)8-10-22/h4-6,11,15,23H,7-10,12H2,1-3H3. The molecule has 0 saturated carbocycles. The molecule has 0 atom stereocenters. The van der Waals surface area contributed by atoms with Crippen LogP contribution in [0.4, 0.5) is 0 Å². The minimum absolute atomic E-state index is 0.0211. The monoisotopic (exact) mass is 343 g/mol. The summed E-state index contributed by atoms with van der Waals surface area (Å²) in [6.07, 6.45) is 1.67. The van der Waals surface area contributed by atoms with Gasteiger partial charge >= 0.3 is 0 Å². The number of benzene rings is 1. The number of likely N-dealkylation sites (tertiary alicyclic amines) is 1. The van der Waals surface area contributed by atoms with Gasteiger partial charge in [0.15, 0.2) is 0 Å². The van der Waals surface area contributed by atoms with Crippen molar-refractivity contribution in [2.24, 2.45) is 5.41 Å². The molecular formula is C19H25N3O3. The fourth-order valence-corrected chi connectivity index (χ4v) is 2.94. The maximum absolute atomic E-state index is 12.7. The van der Waals surface area contributed by atoms with E-state index in [2.05, 4.69) is 30.9 Å². The van der Waals surface area contributed by atoms with Crippen molar-refractivity contribution >= 4 is 5.91 Å². The van der Waals surface area contributed by atoms with Crippen molar-refractivity contribution in [3.63, 3.8) is 0 Å². The van der Waals surface area contributed by atoms with E-state index < -0.39 is 0 Å². The van der Waals surface area contributed by atoms with Crippen molar-refractivity contribution in [2.45, 2.75) is 46.1 Å². The van der Waals surface area contributed by atoms with Gasteiger partial charge in [0.25, 0.3) is 5.91 Å². The molecule has 6 nitrogen and oxygen atoms in total. The van der Waals surface area contributed by atoms with Gasteiger partial charge in [-0.05, 0) is 30.4 Å². The predicted molar refractivity (Wildman–Crippen MR) is 94.0 cm³/mol. The average Bonchev–Trinajstić information content (AvgIpc) is 3.01. The number of aliphatic hydroxyl groups excluding tert-OH is 1. The van der Waals surface area contributed by atoms with Gasteiger partial charge in [0.05, 0.1) is 6.10 Å². The summed E-state index contributed by atoms with van der Waals surface area (Å²) in [5.74, 6) is 1.08. The number of rotatable bonds is 3. The summed E-state index contributed by atoms with van der Waals surface area (Å²) in [6.45, 7) is 7.52. The Labute approximate surface area is 147 Å². The lowest BCUT2D eigenvalue weighted by atomic mass is 9.92. The van der Waals surface area contributed by atoms with Gasteiger partial charge in [-0.15, -0.1) is 0 Å². The van der Waals surface area contributed by atoms with E-state index in [0.29, 0.717) is 49.6 Å². The first-order chi connectivity index (χ1) is 11.8. The summed E-state index contributed by atoms with van der Waals surface area (Å²) in [6, 6.07) is 7.32. The number of hydrogen-bond acceptors (Lipinski definition) is 5. The maximum atomic E-state index is 12.7. The molecule has 25 heavy (non-hydrogen) atoms. The van der Waals surface area contributed by atoms with Crippen LogP contribution in [-0.2, 0) is 6.42 Å². The van der Waals surface area contributed by atoms with Gasteiger partial charge in [-0.25, -0.2) is 0 Å². The number of nitrogens with zero attached hydrogens (tertiary/aromatic N) is 3. The Bertz CT molecular complexity index is 740. The van der Waals surface area contributed by atoms with Gasteiger partial charge in [-0.1, -0.05) is 38.1 Å². The second kappa shape index (κ2) is 6.96. The minimum Gasteiger partial charge on any atom is -0.393 e. The summed E-state index contributed by atoms with van der Waals surface area (Å²) < 4.78 is 5.34. The molecule has 3 rings (SSSR count). The van der Waals surface area contributed by atoms with E-state index in [4.69, 9.17) is 4.52 Å². The van der Waals surface area contributed by atoms with E-state index in [1.807, 2.05) is 12.1 Å². The molecule has 0 radical (unpaired) electrons. The van der Waals surface area contributed by atoms with E-state index in [9.17, 15) is 9.90 Å². The van der Waals surface area contributed by atoms with Crippen molar-refractivity contribution in [1.29, 1.82) is 0 Å². The fraction of sp³-hybridized carbons (Fsp3) is 0.526. The summed E-state index contributed by atoms with van der Waals surface area (Å²) in [4.78, 5) is 18.9. The third kappa shape index (κ3) is 4.45. The molecule has 0 aliphatic carbocycles. The van der Waals surface area contributed by atoms with E-state index in [1.54, 1.807) is 17.0 Å². The highest BCUT2D eigenvalue weighted by Crippen LogP contribution is 2.23. The molecule has 1 fully saturated rings. The highest BCUT2D eigenvalue weighted by molar-refractivity contribution is 5.95. The Hall–Kier alpha value is -2.21. The third-order valence-electron chi connectivity index (χ3n) is 4.27. The second-order valence-electron chi connectivity index (χ2n) is 7.85. The molecule has 1 aliphatic rings. The van der Waals surface area contributed by atoms with Crippen LogP contribution in [0.5, 0.6) is 0 Å². The molecule has 0 bridgehead atoms. The molecule has 2 aromatic rings. The minimum atomic E-state index is -0.295. The molecule has 0 unspecified atom stereocenters. The topological polar surface area (TPSA) is 79.5 Å². The maximum Gasteiger partial charge on any atom is 0.253 e. The van der Waals surface area contributed by atoms with Crippen LogP contribution in [0, 0.1) is 5.41 Å². The van der Waals surface area contributed by atoms with E-state index in [0.717, 1.165) is 5.56 Å². The molecule has 2 heterocycles. The first-order valence-corrected chi connectivity index (χ1v) is 8.72. The number of aromatic nitrogens is 2. The normalized spacial score (nSPS) is 16.2. The highest BCUT2D eigenvalue weighted by atomic mass is 16.5. The first kappa shape index (κ1) is 17.6. The summed E-state index contributed by atoms with van der Waals surface area (Å²) in [7, 11) is 0. The Kier molecular flexibility index (Phi) is 4.90. The van der Waals surface area contributed by atoms with Crippen molar-refractivity contribution < 1.29 is 14.4 Å². The Balaban J connectivity index is 1.76. The third-order valence-corrected chi connectivity index (χ3v) is 4.27. The molecular weight excluding hydrogens is 318 g/mol. The largest absolute Gasteiger partial charge is 0.393 e. The van der Waals surface area contributed by atoms with Crippen LogP contribution in [0.25, 0.3) is 11.4 Å². The number of carbonyl (C=O) groups is 1. The van der Waals surface area contributed by atoms with Crippen LogP contribution < -0.4 is 0 Å². The Morgan fingerprint density at radius 2 is 2.04 bits per heavy atom. The number of piperidine rings is 1. The Morgan fingerprint density at radius 1 is 1.32 bits per heavy atom. The predicted octanol–water partition coefficient (Wildman–Crippen LogP) is 2.92. The van der Waals surface area contributed by atoms with Crippen molar-refractivity contribution in [3.8, 4) is 11.4 Å².